The van der Waals surface area contributed by atoms with Crippen molar-refractivity contribution in [2.75, 3.05) is 20.3 Å². The molecule has 1 aromatic carbocycles. The lowest BCUT2D eigenvalue weighted by atomic mass is 9.90. The Hall–Kier alpha value is -0.770. The summed E-state index contributed by atoms with van der Waals surface area (Å²) in [6, 6.07) is 8.17. The third kappa shape index (κ3) is 3.66. The maximum Gasteiger partial charge on any atom is 0.128 e. The molecule has 1 aliphatic rings. The van der Waals surface area contributed by atoms with E-state index < -0.39 is 0 Å². The Morgan fingerprint density at radius 2 is 2.00 bits per heavy atom. The van der Waals surface area contributed by atoms with E-state index in [2.05, 4.69) is 19.9 Å². The van der Waals surface area contributed by atoms with Gasteiger partial charge >= 0.3 is 0 Å². The minimum absolute atomic E-state index is 0.0306. The zero-order chi connectivity index (χ0) is 14.5. The summed E-state index contributed by atoms with van der Waals surface area (Å²) in [4.78, 5) is 0. The molecule has 3 atom stereocenters. The highest BCUT2D eigenvalue weighted by molar-refractivity contribution is 6.21. The van der Waals surface area contributed by atoms with Crippen molar-refractivity contribution in [3.05, 3.63) is 29.8 Å². The van der Waals surface area contributed by atoms with Gasteiger partial charge in [-0.15, -0.1) is 11.6 Å². The van der Waals surface area contributed by atoms with E-state index in [0.29, 0.717) is 19.1 Å². The quantitative estimate of drug-likeness (QED) is 0.568. The van der Waals surface area contributed by atoms with Crippen molar-refractivity contribution >= 4 is 11.6 Å². The fraction of sp³-hybridized carbons (Fsp3) is 0.625. The summed E-state index contributed by atoms with van der Waals surface area (Å²) in [5.74, 6) is 1.38. The van der Waals surface area contributed by atoms with Gasteiger partial charge in [0.15, 0.2) is 0 Å². The summed E-state index contributed by atoms with van der Waals surface area (Å²) < 4.78 is 16.8. The van der Waals surface area contributed by atoms with Crippen molar-refractivity contribution in [2.45, 2.75) is 43.8 Å². The van der Waals surface area contributed by atoms with Crippen LogP contribution in [0, 0.1) is 0 Å². The van der Waals surface area contributed by atoms with Crippen LogP contribution < -0.4 is 4.74 Å². The van der Waals surface area contributed by atoms with E-state index in [1.54, 1.807) is 7.11 Å². The molecule has 0 saturated heterocycles. The Morgan fingerprint density at radius 1 is 1.25 bits per heavy atom. The Bertz CT molecular complexity index is 422. The predicted molar refractivity (Wildman–Crippen MR) is 80.8 cm³/mol. The Balaban J connectivity index is 1.96. The van der Waals surface area contributed by atoms with Gasteiger partial charge in [0.25, 0.3) is 0 Å². The van der Waals surface area contributed by atoms with Crippen LogP contribution in [-0.4, -0.2) is 37.9 Å². The topological polar surface area (TPSA) is 27.7 Å². The van der Waals surface area contributed by atoms with E-state index in [0.717, 1.165) is 12.2 Å². The first-order valence-electron chi connectivity index (χ1n) is 7.13. The average Bonchev–Trinajstić information content (AvgIpc) is 2.43. The Labute approximate surface area is 126 Å². The van der Waals surface area contributed by atoms with Crippen LogP contribution in [0.1, 0.15) is 31.7 Å². The van der Waals surface area contributed by atoms with Crippen molar-refractivity contribution in [1.29, 1.82) is 0 Å². The molecule has 0 heterocycles. The standard InChI is InChI=1S/C16H23ClO3/c1-11(2)12-6-4-5-7-14(12)20-15-10-13(17)16(15)19-9-8-18-3/h4-7,11,13,15-16H,8-10H2,1-3H3. The lowest BCUT2D eigenvalue weighted by molar-refractivity contribution is -0.0901. The molecule has 0 amide bonds. The van der Waals surface area contributed by atoms with E-state index in [-0.39, 0.29) is 17.6 Å². The zero-order valence-electron chi connectivity index (χ0n) is 12.3. The van der Waals surface area contributed by atoms with Gasteiger partial charge in [-0.3, -0.25) is 0 Å². The number of para-hydroxylation sites is 1. The maximum atomic E-state index is 6.21. The molecule has 0 radical (unpaired) electrons. The van der Waals surface area contributed by atoms with Crippen LogP contribution in [0.3, 0.4) is 0 Å². The van der Waals surface area contributed by atoms with Gasteiger partial charge in [-0.25, -0.2) is 0 Å². The number of hydrogen-bond acceptors (Lipinski definition) is 3. The monoisotopic (exact) mass is 298 g/mol. The molecular formula is C16H23ClO3. The highest BCUT2D eigenvalue weighted by atomic mass is 35.5. The van der Waals surface area contributed by atoms with Gasteiger partial charge in [0.2, 0.25) is 0 Å². The molecule has 1 saturated carbocycles. The van der Waals surface area contributed by atoms with Crippen molar-refractivity contribution in [3.63, 3.8) is 0 Å². The molecule has 0 aliphatic heterocycles. The molecule has 2 rings (SSSR count). The number of alkyl halides is 1. The molecule has 112 valence electrons. The van der Waals surface area contributed by atoms with Gasteiger partial charge in [0, 0.05) is 13.5 Å². The minimum Gasteiger partial charge on any atom is -0.487 e. The van der Waals surface area contributed by atoms with Crippen molar-refractivity contribution in [3.8, 4) is 5.75 Å². The van der Waals surface area contributed by atoms with Crippen LogP contribution in [-0.2, 0) is 9.47 Å². The Kier molecular flexibility index (Phi) is 5.70. The highest BCUT2D eigenvalue weighted by Crippen LogP contribution is 2.35. The molecule has 0 spiro atoms. The largest absolute Gasteiger partial charge is 0.487 e. The molecule has 20 heavy (non-hydrogen) atoms. The molecule has 0 aromatic heterocycles. The number of hydrogen-bond donors (Lipinski definition) is 0. The summed E-state index contributed by atoms with van der Waals surface area (Å²) in [7, 11) is 1.66. The molecule has 0 bridgehead atoms. The van der Waals surface area contributed by atoms with E-state index in [1.165, 1.54) is 5.56 Å². The van der Waals surface area contributed by atoms with E-state index in [1.807, 2.05) is 18.2 Å². The molecule has 1 aromatic rings. The summed E-state index contributed by atoms with van der Waals surface area (Å²) in [6.45, 7) is 5.46. The molecule has 1 fully saturated rings. The van der Waals surface area contributed by atoms with Crippen LogP contribution in [0.5, 0.6) is 5.75 Å². The second kappa shape index (κ2) is 7.30. The summed E-state index contributed by atoms with van der Waals surface area (Å²) in [6.07, 6.45) is 0.812. The second-order valence-electron chi connectivity index (χ2n) is 5.43. The second-order valence-corrected chi connectivity index (χ2v) is 5.99. The van der Waals surface area contributed by atoms with Crippen LogP contribution in [0.2, 0.25) is 0 Å². The third-order valence-corrected chi connectivity index (χ3v) is 4.02. The summed E-state index contributed by atoms with van der Waals surface area (Å²) in [5, 5.41) is 0.0306. The summed E-state index contributed by atoms with van der Waals surface area (Å²) in [5.41, 5.74) is 1.22. The summed E-state index contributed by atoms with van der Waals surface area (Å²) >= 11 is 6.21. The van der Waals surface area contributed by atoms with Crippen LogP contribution >= 0.6 is 11.6 Å². The number of rotatable bonds is 7. The van der Waals surface area contributed by atoms with Crippen LogP contribution in [0.25, 0.3) is 0 Å². The normalized spacial score (nSPS) is 25.6. The molecule has 3 unspecified atom stereocenters. The number of halogens is 1. The minimum atomic E-state index is -0.0490. The first kappa shape index (κ1) is 15.6. The smallest absolute Gasteiger partial charge is 0.128 e. The SMILES string of the molecule is COCCOC1C(Cl)CC1Oc1ccccc1C(C)C. The van der Waals surface area contributed by atoms with Gasteiger partial charge in [-0.05, 0) is 17.5 Å². The van der Waals surface area contributed by atoms with Crippen LogP contribution in [0.15, 0.2) is 24.3 Å². The lowest BCUT2D eigenvalue weighted by Gasteiger charge is -2.41. The zero-order valence-corrected chi connectivity index (χ0v) is 13.1. The number of benzene rings is 1. The molecule has 0 N–H and O–H groups in total. The fourth-order valence-corrected chi connectivity index (χ4v) is 2.76. The fourth-order valence-electron chi connectivity index (χ4n) is 2.35. The average molecular weight is 299 g/mol. The maximum absolute atomic E-state index is 6.21. The van der Waals surface area contributed by atoms with Crippen molar-refractivity contribution in [2.24, 2.45) is 0 Å². The van der Waals surface area contributed by atoms with E-state index in [4.69, 9.17) is 25.8 Å². The third-order valence-electron chi connectivity index (χ3n) is 3.60. The first-order chi connectivity index (χ1) is 9.63. The van der Waals surface area contributed by atoms with E-state index in [9.17, 15) is 0 Å². The lowest BCUT2D eigenvalue weighted by Crippen LogP contribution is -2.53. The number of ether oxygens (including phenoxy) is 3. The van der Waals surface area contributed by atoms with E-state index >= 15 is 0 Å². The van der Waals surface area contributed by atoms with Gasteiger partial charge in [0.05, 0.1) is 18.6 Å². The van der Waals surface area contributed by atoms with Gasteiger partial charge < -0.3 is 14.2 Å². The molecule has 3 nitrogen and oxygen atoms in total. The first-order valence-corrected chi connectivity index (χ1v) is 7.57. The van der Waals surface area contributed by atoms with Gasteiger partial charge in [-0.2, -0.15) is 0 Å². The van der Waals surface area contributed by atoms with Gasteiger partial charge in [-0.1, -0.05) is 32.0 Å². The van der Waals surface area contributed by atoms with Crippen molar-refractivity contribution < 1.29 is 14.2 Å². The highest BCUT2D eigenvalue weighted by Gasteiger charge is 2.43. The van der Waals surface area contributed by atoms with Crippen LogP contribution in [0.4, 0.5) is 0 Å². The predicted octanol–water partition coefficient (Wildman–Crippen LogP) is 3.60. The van der Waals surface area contributed by atoms with Crippen molar-refractivity contribution in [1.82, 2.24) is 0 Å². The Morgan fingerprint density at radius 3 is 2.65 bits per heavy atom. The molecule has 1 aliphatic carbocycles. The van der Waals surface area contributed by atoms with Gasteiger partial charge in [0.1, 0.15) is 18.0 Å². The molecule has 4 heteroatoms. The molecular weight excluding hydrogens is 276 g/mol. The number of methoxy groups -OCH3 is 1.